The maximum absolute atomic E-state index is 12.9. The fraction of sp³-hybridized carbons (Fsp3) is 0.190. The number of anilines is 1. The Bertz CT molecular complexity index is 1490. The fourth-order valence-corrected chi connectivity index (χ4v) is 4.65. The normalized spacial score (nSPS) is 11.9. The predicted octanol–water partition coefficient (Wildman–Crippen LogP) is 3.85. The van der Waals surface area contributed by atoms with Gasteiger partial charge in [0.05, 0.1) is 26.8 Å². The molecule has 31 heavy (non-hydrogen) atoms. The molecule has 1 amide bonds. The number of hydrogen-bond donors (Lipinski definition) is 1. The fourth-order valence-electron chi connectivity index (χ4n) is 3.03. The molecule has 2 aromatic carbocycles. The van der Waals surface area contributed by atoms with E-state index in [-0.39, 0.29) is 27.3 Å². The lowest BCUT2D eigenvalue weighted by molar-refractivity contribution is 0.102. The van der Waals surface area contributed by atoms with E-state index in [9.17, 15) is 18.0 Å². The van der Waals surface area contributed by atoms with E-state index in [0.29, 0.717) is 21.4 Å². The summed E-state index contributed by atoms with van der Waals surface area (Å²) in [6.45, 7) is 3.75. The Kier molecular flexibility index (Phi) is 5.28. The summed E-state index contributed by atoms with van der Waals surface area (Å²) in [5.74, 6) is -0.00566. The average molecular weight is 459 g/mol. The molecule has 2 heterocycles. The van der Waals surface area contributed by atoms with Crippen molar-refractivity contribution in [1.29, 1.82) is 0 Å². The van der Waals surface area contributed by atoms with E-state index >= 15 is 0 Å². The van der Waals surface area contributed by atoms with Gasteiger partial charge in [-0.1, -0.05) is 11.3 Å². The number of aromatic nitrogens is 1. The number of ether oxygens (including phenoxy) is 1. The van der Waals surface area contributed by atoms with Gasteiger partial charge in [0.1, 0.15) is 11.3 Å². The zero-order chi connectivity index (χ0) is 22.3. The highest BCUT2D eigenvalue weighted by Crippen LogP contribution is 2.29. The molecule has 0 spiro atoms. The lowest BCUT2D eigenvalue weighted by atomic mass is 10.1. The molecule has 0 fully saturated rings. The maximum Gasteiger partial charge on any atom is 0.337 e. The SMILES string of the molecule is CC(C)Oc1ccc2c(C(=O)Nc3nc4ccc(S(C)(=O)=O)cc4s3)cc(=O)oc2c1. The van der Waals surface area contributed by atoms with Crippen LogP contribution in [0.15, 0.2) is 56.6 Å². The highest BCUT2D eigenvalue weighted by molar-refractivity contribution is 7.90. The number of rotatable bonds is 5. The second-order valence-corrected chi connectivity index (χ2v) is 10.2. The third kappa shape index (κ3) is 4.44. The number of sulfone groups is 1. The van der Waals surface area contributed by atoms with Gasteiger partial charge in [0, 0.05) is 23.8 Å². The molecule has 4 aromatic rings. The minimum Gasteiger partial charge on any atom is -0.491 e. The van der Waals surface area contributed by atoms with Gasteiger partial charge in [-0.15, -0.1) is 0 Å². The van der Waals surface area contributed by atoms with Gasteiger partial charge in [-0.3, -0.25) is 10.1 Å². The summed E-state index contributed by atoms with van der Waals surface area (Å²) in [5, 5.41) is 3.42. The van der Waals surface area contributed by atoms with E-state index in [2.05, 4.69) is 10.3 Å². The first-order chi connectivity index (χ1) is 14.6. The number of fused-ring (bicyclic) bond motifs is 2. The van der Waals surface area contributed by atoms with Crippen LogP contribution in [-0.2, 0) is 9.84 Å². The van der Waals surface area contributed by atoms with Gasteiger partial charge in [-0.05, 0) is 44.2 Å². The lowest BCUT2D eigenvalue weighted by Crippen LogP contribution is -2.15. The molecule has 0 bridgehead atoms. The van der Waals surface area contributed by atoms with Crippen molar-refractivity contribution in [2.45, 2.75) is 24.8 Å². The van der Waals surface area contributed by atoms with Gasteiger partial charge in [-0.25, -0.2) is 18.2 Å². The van der Waals surface area contributed by atoms with E-state index in [0.717, 1.165) is 23.7 Å². The second-order valence-electron chi connectivity index (χ2n) is 7.18. The largest absolute Gasteiger partial charge is 0.491 e. The van der Waals surface area contributed by atoms with E-state index < -0.39 is 21.4 Å². The Morgan fingerprint density at radius 1 is 1.16 bits per heavy atom. The monoisotopic (exact) mass is 458 g/mol. The average Bonchev–Trinajstić information content (AvgIpc) is 3.07. The number of thiazole rings is 1. The molecule has 160 valence electrons. The molecule has 0 saturated carbocycles. The van der Waals surface area contributed by atoms with Crippen LogP contribution in [0.3, 0.4) is 0 Å². The lowest BCUT2D eigenvalue weighted by Gasteiger charge is -2.11. The van der Waals surface area contributed by atoms with Crippen molar-refractivity contribution in [3.8, 4) is 5.75 Å². The maximum atomic E-state index is 12.9. The second kappa shape index (κ2) is 7.78. The van der Waals surface area contributed by atoms with Crippen LogP contribution in [-0.4, -0.2) is 31.7 Å². The predicted molar refractivity (Wildman–Crippen MR) is 119 cm³/mol. The molecule has 8 nitrogen and oxygen atoms in total. The Balaban J connectivity index is 1.69. The van der Waals surface area contributed by atoms with Crippen molar-refractivity contribution in [2.24, 2.45) is 0 Å². The molecule has 4 rings (SSSR count). The summed E-state index contributed by atoms with van der Waals surface area (Å²) in [5.41, 5.74) is 0.262. The first kappa shape index (κ1) is 21.0. The number of benzene rings is 2. The molecule has 0 atom stereocenters. The minimum atomic E-state index is -3.36. The van der Waals surface area contributed by atoms with Crippen LogP contribution < -0.4 is 15.7 Å². The Labute approximate surface area is 181 Å². The van der Waals surface area contributed by atoms with Crippen molar-refractivity contribution in [3.05, 3.63) is 58.4 Å². The van der Waals surface area contributed by atoms with Crippen LogP contribution >= 0.6 is 11.3 Å². The number of amides is 1. The number of carbonyl (C=O) groups is 1. The van der Waals surface area contributed by atoms with E-state index in [1.807, 2.05) is 13.8 Å². The molecule has 1 N–H and O–H groups in total. The van der Waals surface area contributed by atoms with Crippen LogP contribution in [0.4, 0.5) is 5.13 Å². The Hall–Kier alpha value is -3.24. The summed E-state index contributed by atoms with van der Waals surface area (Å²) >= 11 is 1.14. The number of hydrogen-bond acceptors (Lipinski definition) is 8. The molecule has 0 radical (unpaired) electrons. The number of nitrogens with zero attached hydrogens (tertiary/aromatic N) is 1. The number of carbonyl (C=O) groups excluding carboxylic acids is 1. The Morgan fingerprint density at radius 3 is 2.65 bits per heavy atom. The molecule has 0 aliphatic rings. The third-order valence-electron chi connectivity index (χ3n) is 4.34. The molecule has 2 aromatic heterocycles. The van der Waals surface area contributed by atoms with Crippen LogP contribution in [0.25, 0.3) is 21.2 Å². The minimum absolute atomic E-state index is 0.0575. The van der Waals surface area contributed by atoms with E-state index in [1.54, 1.807) is 24.3 Å². The summed E-state index contributed by atoms with van der Waals surface area (Å²) in [6.07, 6.45) is 1.07. The highest BCUT2D eigenvalue weighted by Gasteiger charge is 2.17. The van der Waals surface area contributed by atoms with Crippen molar-refractivity contribution in [3.63, 3.8) is 0 Å². The van der Waals surface area contributed by atoms with Crippen molar-refractivity contribution in [2.75, 3.05) is 11.6 Å². The Morgan fingerprint density at radius 2 is 1.94 bits per heavy atom. The summed E-state index contributed by atoms with van der Waals surface area (Å²) in [4.78, 5) is 29.4. The standard InChI is InChI=1S/C21H18N2O6S2/c1-11(2)28-12-4-6-14-15(10-19(24)29-17(14)8-12)20(25)23-21-22-16-7-5-13(31(3,26)27)9-18(16)30-21/h4-11H,1-3H3,(H,22,23,25). The summed E-state index contributed by atoms with van der Waals surface area (Å²) < 4.78 is 35.0. The van der Waals surface area contributed by atoms with Crippen LogP contribution in [0.2, 0.25) is 0 Å². The van der Waals surface area contributed by atoms with Gasteiger partial charge in [-0.2, -0.15) is 0 Å². The first-order valence-corrected chi connectivity index (χ1v) is 12.0. The highest BCUT2D eigenvalue weighted by atomic mass is 32.2. The zero-order valence-corrected chi connectivity index (χ0v) is 18.5. The van der Waals surface area contributed by atoms with Crippen molar-refractivity contribution < 1.29 is 22.4 Å². The topological polar surface area (TPSA) is 116 Å². The molecule has 0 saturated heterocycles. The zero-order valence-electron chi connectivity index (χ0n) is 16.8. The smallest absolute Gasteiger partial charge is 0.337 e. The van der Waals surface area contributed by atoms with Gasteiger partial charge in [0.2, 0.25) is 0 Å². The third-order valence-corrected chi connectivity index (χ3v) is 6.38. The van der Waals surface area contributed by atoms with Crippen molar-refractivity contribution >= 4 is 53.4 Å². The van der Waals surface area contributed by atoms with E-state index in [4.69, 9.17) is 9.15 Å². The summed E-state index contributed by atoms with van der Waals surface area (Å²) in [6, 6.07) is 10.6. The van der Waals surface area contributed by atoms with Crippen LogP contribution in [0.1, 0.15) is 24.2 Å². The quantitative estimate of drug-likeness (QED) is 0.452. The molecule has 0 unspecified atom stereocenters. The van der Waals surface area contributed by atoms with E-state index in [1.165, 1.54) is 12.1 Å². The van der Waals surface area contributed by atoms with Crippen LogP contribution in [0.5, 0.6) is 5.75 Å². The molecular weight excluding hydrogens is 440 g/mol. The molecule has 0 aliphatic heterocycles. The first-order valence-electron chi connectivity index (χ1n) is 9.27. The van der Waals surface area contributed by atoms with Crippen LogP contribution in [0, 0.1) is 0 Å². The van der Waals surface area contributed by atoms with Gasteiger partial charge >= 0.3 is 5.63 Å². The summed E-state index contributed by atoms with van der Waals surface area (Å²) in [7, 11) is -3.36. The van der Waals surface area contributed by atoms with Crippen molar-refractivity contribution in [1.82, 2.24) is 4.98 Å². The number of nitrogens with one attached hydrogen (secondary N) is 1. The van der Waals surface area contributed by atoms with Gasteiger partial charge < -0.3 is 9.15 Å². The van der Waals surface area contributed by atoms with Gasteiger partial charge in [0.25, 0.3) is 5.91 Å². The molecule has 0 aliphatic carbocycles. The molecule has 10 heteroatoms. The van der Waals surface area contributed by atoms with Gasteiger partial charge in [0.15, 0.2) is 15.0 Å². The molecular formula is C21H18N2O6S2.